The first-order valence-corrected chi connectivity index (χ1v) is 9.73. The van der Waals surface area contributed by atoms with Gasteiger partial charge >= 0.3 is 0 Å². The minimum Gasteiger partial charge on any atom is -0.321 e. The van der Waals surface area contributed by atoms with E-state index in [0.29, 0.717) is 39.5 Å². The summed E-state index contributed by atoms with van der Waals surface area (Å²) < 4.78 is 28.9. The molecule has 6 aromatic rings. The highest BCUT2D eigenvalue weighted by molar-refractivity contribution is 5.96. The molecule has 0 saturated heterocycles. The predicted octanol–water partition coefficient (Wildman–Crippen LogP) is 4.90. The Morgan fingerprint density at radius 2 is 1.66 bits per heavy atom. The van der Waals surface area contributed by atoms with Crippen LogP contribution in [0.1, 0.15) is 0 Å². The van der Waals surface area contributed by atoms with Crippen molar-refractivity contribution in [3.63, 3.8) is 0 Å². The van der Waals surface area contributed by atoms with E-state index >= 15 is 4.39 Å². The van der Waals surface area contributed by atoms with Crippen molar-refractivity contribution in [2.75, 3.05) is 0 Å². The topological polar surface area (TPSA) is 96.0 Å². The van der Waals surface area contributed by atoms with Crippen molar-refractivity contribution in [2.24, 2.45) is 0 Å². The lowest BCUT2D eigenvalue weighted by atomic mass is 10.1. The third kappa shape index (κ3) is 2.83. The Bertz CT molecular complexity index is 1590. The summed E-state index contributed by atoms with van der Waals surface area (Å²) in [6.07, 6.45) is 6.28. The maximum Gasteiger partial charge on any atom is 0.161 e. The number of imidazole rings is 1. The first kappa shape index (κ1) is 18.3. The Morgan fingerprint density at radius 3 is 2.47 bits per heavy atom. The van der Waals surface area contributed by atoms with Crippen LogP contribution in [0.4, 0.5) is 8.78 Å². The van der Waals surface area contributed by atoms with E-state index in [0.717, 1.165) is 11.1 Å². The summed E-state index contributed by atoms with van der Waals surface area (Å²) in [6.45, 7) is 0. The van der Waals surface area contributed by atoms with E-state index in [2.05, 4.69) is 35.1 Å². The van der Waals surface area contributed by atoms with Crippen LogP contribution < -0.4 is 0 Å². The second-order valence-electron chi connectivity index (χ2n) is 7.17. The highest BCUT2D eigenvalue weighted by Gasteiger charge is 2.21. The molecule has 5 heterocycles. The third-order valence-corrected chi connectivity index (χ3v) is 5.26. The molecule has 5 aromatic heterocycles. The number of aromatic nitrogens is 7. The van der Waals surface area contributed by atoms with Crippen LogP contribution in [0.2, 0.25) is 0 Å². The summed E-state index contributed by atoms with van der Waals surface area (Å²) in [5, 5.41) is 7.24. The minimum atomic E-state index is -0.473. The van der Waals surface area contributed by atoms with E-state index in [-0.39, 0.29) is 11.2 Å². The summed E-state index contributed by atoms with van der Waals surface area (Å²) >= 11 is 0. The first-order chi connectivity index (χ1) is 15.7. The lowest BCUT2D eigenvalue weighted by molar-refractivity contribution is 0.628. The Balaban J connectivity index is 1.54. The Hall–Kier alpha value is -4.53. The zero-order valence-electron chi connectivity index (χ0n) is 16.3. The van der Waals surface area contributed by atoms with Gasteiger partial charge in [-0.15, -0.1) is 0 Å². The van der Waals surface area contributed by atoms with Gasteiger partial charge in [-0.25, -0.2) is 23.7 Å². The van der Waals surface area contributed by atoms with Gasteiger partial charge in [0.25, 0.3) is 0 Å². The molecule has 0 aliphatic rings. The lowest BCUT2D eigenvalue weighted by Crippen LogP contribution is -1.91. The van der Waals surface area contributed by atoms with Gasteiger partial charge in [0.05, 0.1) is 5.39 Å². The normalized spacial score (nSPS) is 11.4. The van der Waals surface area contributed by atoms with E-state index in [1.165, 1.54) is 18.3 Å². The van der Waals surface area contributed by atoms with Crippen LogP contribution in [0, 0.1) is 11.6 Å². The number of rotatable bonds is 3. The number of benzene rings is 1. The molecule has 0 spiro atoms. The number of halogens is 2. The van der Waals surface area contributed by atoms with Gasteiger partial charge < -0.3 is 4.98 Å². The average molecular weight is 425 g/mol. The van der Waals surface area contributed by atoms with Crippen molar-refractivity contribution in [2.45, 2.75) is 0 Å². The summed E-state index contributed by atoms with van der Waals surface area (Å²) in [5.74, 6) is -0.451. The zero-order chi connectivity index (χ0) is 21.7. The maximum absolute atomic E-state index is 15.6. The first-order valence-electron chi connectivity index (χ1n) is 9.73. The van der Waals surface area contributed by atoms with Crippen LogP contribution in [-0.4, -0.2) is 35.1 Å². The van der Waals surface area contributed by atoms with E-state index in [1.807, 2.05) is 0 Å². The van der Waals surface area contributed by atoms with Crippen LogP contribution in [0.5, 0.6) is 0 Å². The highest BCUT2D eigenvalue weighted by Crippen LogP contribution is 2.33. The summed E-state index contributed by atoms with van der Waals surface area (Å²) in [4.78, 5) is 20.5. The number of pyridine rings is 3. The van der Waals surface area contributed by atoms with Crippen molar-refractivity contribution in [1.82, 2.24) is 35.1 Å². The van der Waals surface area contributed by atoms with E-state index in [1.54, 1.807) is 48.9 Å². The Labute approximate surface area is 179 Å². The molecule has 0 radical (unpaired) electrons. The molecule has 32 heavy (non-hydrogen) atoms. The molecule has 0 amide bonds. The fourth-order valence-electron chi connectivity index (χ4n) is 3.73. The van der Waals surface area contributed by atoms with E-state index in [9.17, 15) is 4.39 Å². The molecule has 154 valence electrons. The Morgan fingerprint density at radius 1 is 0.781 bits per heavy atom. The van der Waals surface area contributed by atoms with Crippen LogP contribution in [0.3, 0.4) is 0 Å². The number of nitrogens with zero attached hydrogens (tertiary/aromatic N) is 5. The van der Waals surface area contributed by atoms with Crippen LogP contribution in [0.15, 0.2) is 67.3 Å². The molecule has 0 atom stereocenters. The largest absolute Gasteiger partial charge is 0.321 e. The summed E-state index contributed by atoms with van der Waals surface area (Å²) in [5.41, 5.74) is 4.15. The molecule has 1 aromatic carbocycles. The molecule has 0 aliphatic heterocycles. The standard InChI is InChI=1S/C23H13F2N7/c24-14-5-3-12(4-6-14)15-7-9-27-22-19(15)29-23(30-22)20-17-18(25)16(11-28-21(17)32-31-20)13-2-1-8-26-10-13/h1-11H,(H,27,29,30)(H,28,31,32). The second-order valence-corrected chi connectivity index (χ2v) is 7.17. The second kappa shape index (κ2) is 7.02. The summed E-state index contributed by atoms with van der Waals surface area (Å²) in [6, 6.07) is 11.4. The van der Waals surface area contributed by atoms with Crippen molar-refractivity contribution in [1.29, 1.82) is 0 Å². The molecule has 2 N–H and O–H groups in total. The lowest BCUT2D eigenvalue weighted by Gasteiger charge is -2.03. The summed E-state index contributed by atoms with van der Waals surface area (Å²) in [7, 11) is 0. The minimum absolute atomic E-state index is 0.216. The molecular formula is C23H13F2N7. The fourth-order valence-corrected chi connectivity index (χ4v) is 3.73. The average Bonchev–Trinajstić information content (AvgIpc) is 3.45. The molecular weight excluding hydrogens is 412 g/mol. The van der Waals surface area contributed by atoms with Gasteiger partial charge in [0.2, 0.25) is 0 Å². The molecule has 0 fully saturated rings. The number of H-pyrrole nitrogens is 2. The quantitative estimate of drug-likeness (QED) is 0.420. The molecule has 6 rings (SSSR count). The number of fused-ring (bicyclic) bond motifs is 2. The third-order valence-electron chi connectivity index (χ3n) is 5.26. The number of hydrogen-bond acceptors (Lipinski definition) is 5. The van der Waals surface area contributed by atoms with Gasteiger partial charge in [0, 0.05) is 41.5 Å². The van der Waals surface area contributed by atoms with E-state index < -0.39 is 5.82 Å². The maximum atomic E-state index is 15.6. The van der Waals surface area contributed by atoms with Crippen LogP contribution in [0.25, 0.3) is 56.0 Å². The van der Waals surface area contributed by atoms with Gasteiger partial charge in [0.1, 0.15) is 22.8 Å². The molecule has 7 nitrogen and oxygen atoms in total. The number of hydrogen-bond donors (Lipinski definition) is 2. The van der Waals surface area contributed by atoms with Gasteiger partial charge in [0.15, 0.2) is 17.1 Å². The van der Waals surface area contributed by atoms with Crippen molar-refractivity contribution in [3.05, 3.63) is 78.9 Å². The highest BCUT2D eigenvalue weighted by atomic mass is 19.1. The van der Waals surface area contributed by atoms with Crippen LogP contribution >= 0.6 is 0 Å². The van der Waals surface area contributed by atoms with Gasteiger partial charge in [-0.2, -0.15) is 5.10 Å². The molecule has 9 heteroatoms. The van der Waals surface area contributed by atoms with Gasteiger partial charge in [-0.3, -0.25) is 10.1 Å². The SMILES string of the molecule is Fc1ccc(-c2ccnc3[nH]c(-c4n[nH]c5ncc(-c6cccnc6)c(F)c45)nc23)cc1. The van der Waals surface area contributed by atoms with Crippen LogP contribution in [-0.2, 0) is 0 Å². The fraction of sp³-hybridized carbons (Fsp3) is 0. The molecule has 0 unspecified atom stereocenters. The number of nitrogens with one attached hydrogen (secondary N) is 2. The monoisotopic (exact) mass is 425 g/mol. The van der Waals surface area contributed by atoms with Gasteiger partial charge in [-0.05, 0) is 29.8 Å². The zero-order valence-corrected chi connectivity index (χ0v) is 16.3. The van der Waals surface area contributed by atoms with E-state index in [4.69, 9.17) is 0 Å². The van der Waals surface area contributed by atoms with Crippen molar-refractivity contribution < 1.29 is 8.78 Å². The molecule has 0 saturated carbocycles. The molecule has 0 aliphatic carbocycles. The number of aromatic amines is 2. The molecule has 0 bridgehead atoms. The predicted molar refractivity (Wildman–Crippen MR) is 115 cm³/mol. The van der Waals surface area contributed by atoms with Crippen molar-refractivity contribution in [3.8, 4) is 33.8 Å². The Kier molecular flexibility index (Phi) is 4.00. The smallest absolute Gasteiger partial charge is 0.161 e. The van der Waals surface area contributed by atoms with Gasteiger partial charge in [-0.1, -0.05) is 18.2 Å². The van der Waals surface area contributed by atoms with Crippen molar-refractivity contribution >= 4 is 22.2 Å².